The first kappa shape index (κ1) is 16.3. The van der Waals surface area contributed by atoms with Crippen LogP contribution in [0.5, 0.6) is 0 Å². The highest BCUT2D eigenvalue weighted by molar-refractivity contribution is 7.10. The van der Waals surface area contributed by atoms with E-state index < -0.39 is 0 Å². The van der Waals surface area contributed by atoms with Crippen LogP contribution in [0.2, 0.25) is 0 Å². The van der Waals surface area contributed by atoms with Gasteiger partial charge in [0.25, 0.3) is 0 Å². The lowest BCUT2D eigenvalue weighted by atomic mass is 9.95. The summed E-state index contributed by atoms with van der Waals surface area (Å²) >= 11 is 1.87. The number of rotatable bonds is 7. The fourth-order valence-electron chi connectivity index (χ4n) is 3.48. The number of fused-ring (bicyclic) bond motifs is 1. The Balaban J connectivity index is 1.48. The predicted octanol–water partition coefficient (Wildman–Crippen LogP) is 3.80. The van der Waals surface area contributed by atoms with E-state index in [1.807, 2.05) is 11.3 Å². The first-order valence-electron chi connectivity index (χ1n) is 9.12. The molecular formula is C19H27N3OS. The molecule has 5 heteroatoms. The number of aryl methyl sites for hydroxylation is 2. The lowest BCUT2D eigenvalue weighted by molar-refractivity contribution is 0.0892. The van der Waals surface area contributed by atoms with Crippen LogP contribution >= 0.6 is 11.3 Å². The lowest BCUT2D eigenvalue weighted by Gasteiger charge is -2.31. The first-order chi connectivity index (χ1) is 11.7. The van der Waals surface area contributed by atoms with E-state index in [0.29, 0.717) is 5.92 Å². The van der Waals surface area contributed by atoms with Crippen LogP contribution in [0.15, 0.2) is 17.6 Å². The number of hydrogen-bond donors (Lipinski definition) is 0. The fraction of sp³-hybridized carbons (Fsp3) is 0.632. The maximum atomic E-state index is 6.04. The van der Waals surface area contributed by atoms with Gasteiger partial charge < -0.3 is 4.74 Å². The maximum Gasteiger partial charge on any atom is 0.0801 e. The second-order valence-corrected chi connectivity index (χ2v) is 8.26. The van der Waals surface area contributed by atoms with Crippen LogP contribution in [0.3, 0.4) is 0 Å². The smallest absolute Gasteiger partial charge is 0.0801 e. The van der Waals surface area contributed by atoms with E-state index in [-0.39, 0.29) is 0 Å². The van der Waals surface area contributed by atoms with E-state index in [4.69, 9.17) is 9.84 Å². The number of nitrogens with zero attached hydrogens (tertiary/aromatic N) is 3. The molecule has 4 rings (SSSR count). The van der Waals surface area contributed by atoms with Crippen molar-refractivity contribution >= 4 is 11.3 Å². The van der Waals surface area contributed by atoms with Gasteiger partial charge in [0, 0.05) is 55.3 Å². The maximum absolute atomic E-state index is 6.04. The molecule has 0 unspecified atom stereocenters. The third kappa shape index (κ3) is 3.58. The number of hydrogen-bond acceptors (Lipinski definition) is 4. The van der Waals surface area contributed by atoms with Crippen molar-refractivity contribution in [1.29, 1.82) is 0 Å². The summed E-state index contributed by atoms with van der Waals surface area (Å²) in [5.41, 5.74) is 4.07. The van der Waals surface area contributed by atoms with Crippen molar-refractivity contribution in [2.24, 2.45) is 5.92 Å². The average Bonchev–Trinajstić information content (AvgIpc) is 3.16. The Morgan fingerprint density at radius 3 is 2.92 bits per heavy atom. The predicted molar refractivity (Wildman–Crippen MR) is 97.4 cm³/mol. The number of thiophene rings is 1. The molecule has 1 aliphatic carbocycles. The summed E-state index contributed by atoms with van der Waals surface area (Å²) in [5, 5.41) is 7.00. The van der Waals surface area contributed by atoms with Crippen LogP contribution in [-0.4, -0.2) is 34.4 Å². The Labute approximate surface area is 148 Å². The van der Waals surface area contributed by atoms with Gasteiger partial charge in [-0.25, -0.2) is 0 Å². The van der Waals surface area contributed by atoms with Gasteiger partial charge >= 0.3 is 0 Å². The van der Waals surface area contributed by atoms with Gasteiger partial charge in [0.1, 0.15) is 0 Å². The standard InChI is InChI=1S/C19H27N3OS/c1-3-22-9-17-16(13-23-12-15-4-5-15)8-21(10-18(17)20-22)11-19-14(2)6-7-24-19/h6-7,9,15-16H,3-5,8,10-13H2,1-2H3/t16-/m0/s1. The first-order valence-corrected chi connectivity index (χ1v) is 10.00. The Morgan fingerprint density at radius 1 is 1.33 bits per heavy atom. The third-order valence-corrected chi connectivity index (χ3v) is 6.20. The summed E-state index contributed by atoms with van der Waals surface area (Å²) < 4.78 is 8.12. The highest BCUT2D eigenvalue weighted by Crippen LogP contribution is 2.32. The molecule has 2 aromatic heterocycles. The molecule has 1 aliphatic heterocycles. The largest absolute Gasteiger partial charge is 0.380 e. The normalized spacial score (nSPS) is 21.2. The molecule has 4 nitrogen and oxygen atoms in total. The number of aromatic nitrogens is 2. The van der Waals surface area contributed by atoms with Crippen molar-refractivity contribution in [3.8, 4) is 0 Å². The van der Waals surface area contributed by atoms with Crippen LogP contribution in [-0.2, 0) is 24.4 Å². The zero-order valence-corrected chi connectivity index (χ0v) is 15.5. The third-order valence-electron chi connectivity index (χ3n) is 5.19. The van der Waals surface area contributed by atoms with Gasteiger partial charge in [0.2, 0.25) is 0 Å². The molecule has 0 N–H and O–H groups in total. The van der Waals surface area contributed by atoms with Gasteiger partial charge in [-0.1, -0.05) is 0 Å². The summed E-state index contributed by atoms with van der Waals surface area (Å²) in [4.78, 5) is 4.02. The minimum atomic E-state index is 0.452. The van der Waals surface area contributed by atoms with E-state index in [1.54, 1.807) is 0 Å². The molecular weight excluding hydrogens is 318 g/mol. The molecule has 2 aromatic rings. The molecule has 1 saturated carbocycles. The van der Waals surface area contributed by atoms with Gasteiger partial charge in [0.05, 0.1) is 12.3 Å². The number of ether oxygens (including phenoxy) is 1. The molecule has 3 heterocycles. The average molecular weight is 346 g/mol. The molecule has 0 saturated heterocycles. The quantitative estimate of drug-likeness (QED) is 0.765. The summed E-state index contributed by atoms with van der Waals surface area (Å²) in [7, 11) is 0. The van der Waals surface area contributed by atoms with E-state index >= 15 is 0 Å². The van der Waals surface area contributed by atoms with Crippen molar-refractivity contribution in [2.75, 3.05) is 19.8 Å². The summed E-state index contributed by atoms with van der Waals surface area (Å²) in [6, 6.07) is 2.22. The van der Waals surface area contributed by atoms with Gasteiger partial charge in [-0.2, -0.15) is 5.10 Å². The molecule has 24 heavy (non-hydrogen) atoms. The van der Waals surface area contributed by atoms with Crippen molar-refractivity contribution in [1.82, 2.24) is 14.7 Å². The molecule has 0 amide bonds. The molecule has 0 aromatic carbocycles. The molecule has 0 spiro atoms. The highest BCUT2D eigenvalue weighted by atomic mass is 32.1. The summed E-state index contributed by atoms with van der Waals surface area (Å²) in [5.74, 6) is 1.28. The van der Waals surface area contributed by atoms with Crippen LogP contribution < -0.4 is 0 Å². The van der Waals surface area contributed by atoms with Crippen molar-refractivity contribution < 1.29 is 4.74 Å². The SMILES string of the molecule is CCn1cc2c(n1)CN(Cc1sccc1C)C[C@H]2COCC1CC1. The van der Waals surface area contributed by atoms with Crippen molar-refractivity contribution in [2.45, 2.75) is 52.2 Å². The second kappa shape index (κ2) is 6.98. The van der Waals surface area contributed by atoms with Gasteiger partial charge in [-0.05, 0) is 49.6 Å². The zero-order chi connectivity index (χ0) is 16.5. The fourth-order valence-corrected chi connectivity index (χ4v) is 4.43. The zero-order valence-electron chi connectivity index (χ0n) is 14.7. The Kier molecular flexibility index (Phi) is 4.74. The molecule has 1 atom stereocenters. The Bertz CT molecular complexity index is 689. The Morgan fingerprint density at radius 2 is 2.21 bits per heavy atom. The molecule has 0 radical (unpaired) electrons. The van der Waals surface area contributed by atoms with Crippen LogP contribution in [0.1, 0.15) is 47.4 Å². The molecule has 2 aliphatic rings. The van der Waals surface area contributed by atoms with Crippen LogP contribution in [0, 0.1) is 12.8 Å². The monoisotopic (exact) mass is 345 g/mol. The summed E-state index contributed by atoms with van der Waals surface area (Å²) in [6.45, 7) is 10.1. The van der Waals surface area contributed by atoms with E-state index in [9.17, 15) is 0 Å². The minimum absolute atomic E-state index is 0.452. The second-order valence-electron chi connectivity index (χ2n) is 7.26. The lowest BCUT2D eigenvalue weighted by Crippen LogP contribution is -2.34. The molecule has 1 fully saturated rings. The van der Waals surface area contributed by atoms with E-state index in [0.717, 1.165) is 45.3 Å². The topological polar surface area (TPSA) is 30.3 Å². The van der Waals surface area contributed by atoms with E-state index in [1.165, 1.54) is 34.5 Å². The van der Waals surface area contributed by atoms with Crippen molar-refractivity contribution in [3.63, 3.8) is 0 Å². The molecule has 130 valence electrons. The molecule has 0 bridgehead atoms. The minimum Gasteiger partial charge on any atom is -0.380 e. The van der Waals surface area contributed by atoms with Crippen LogP contribution in [0.25, 0.3) is 0 Å². The van der Waals surface area contributed by atoms with Crippen molar-refractivity contribution in [3.05, 3.63) is 39.3 Å². The summed E-state index contributed by atoms with van der Waals surface area (Å²) in [6.07, 6.45) is 4.95. The highest BCUT2D eigenvalue weighted by Gasteiger charge is 2.29. The van der Waals surface area contributed by atoms with E-state index in [2.05, 4.69) is 41.1 Å². The Hall–Kier alpha value is -1.17. The van der Waals surface area contributed by atoms with Gasteiger partial charge in [-0.3, -0.25) is 9.58 Å². The van der Waals surface area contributed by atoms with Crippen LogP contribution in [0.4, 0.5) is 0 Å². The van der Waals surface area contributed by atoms with Gasteiger partial charge in [-0.15, -0.1) is 11.3 Å². The van der Waals surface area contributed by atoms with Gasteiger partial charge in [0.15, 0.2) is 0 Å².